The van der Waals surface area contributed by atoms with Crippen molar-refractivity contribution in [3.63, 3.8) is 0 Å². The molecule has 0 radical (unpaired) electrons. The number of aromatic amines is 1. The molecule has 0 bridgehead atoms. The maximum Gasteiger partial charge on any atom is 0.319 e. The number of hydrogen-bond acceptors (Lipinski definition) is 4. The molecule has 2 atom stereocenters. The standard InChI is InChI=1S/C18H20N6O3/c1-23-10-16(25)24-9-14(6-15(24)17(23)26)22-18(27)21-13-4-2-11(3-5-13)12-7-19-20-8-12/h2-5,7-8,14-15H,6,9-10H2,1H3,(H,19,20)(H2,21,22,27)/t14-,15+/m1/s1. The maximum atomic E-state index is 12.3. The van der Waals surface area contributed by atoms with Gasteiger partial charge in [-0.1, -0.05) is 12.1 Å². The Bertz CT molecular complexity index is 864. The van der Waals surface area contributed by atoms with Gasteiger partial charge < -0.3 is 20.4 Å². The van der Waals surface area contributed by atoms with E-state index in [9.17, 15) is 14.4 Å². The summed E-state index contributed by atoms with van der Waals surface area (Å²) in [6.45, 7) is 0.452. The van der Waals surface area contributed by atoms with E-state index in [2.05, 4.69) is 20.8 Å². The predicted molar refractivity (Wildman–Crippen MR) is 97.7 cm³/mol. The molecule has 0 saturated carbocycles. The van der Waals surface area contributed by atoms with Gasteiger partial charge in [-0.25, -0.2) is 4.79 Å². The smallest absolute Gasteiger partial charge is 0.319 e. The Balaban J connectivity index is 1.35. The van der Waals surface area contributed by atoms with Gasteiger partial charge in [-0.05, 0) is 24.1 Å². The molecule has 27 heavy (non-hydrogen) atoms. The molecule has 2 aliphatic rings. The van der Waals surface area contributed by atoms with Crippen molar-refractivity contribution >= 4 is 23.5 Å². The molecule has 9 nitrogen and oxygen atoms in total. The fourth-order valence-corrected chi connectivity index (χ4v) is 3.58. The van der Waals surface area contributed by atoms with Crippen LogP contribution in [0.4, 0.5) is 10.5 Å². The molecule has 3 N–H and O–H groups in total. The Hall–Kier alpha value is -3.36. The van der Waals surface area contributed by atoms with Crippen LogP contribution in [0, 0.1) is 0 Å². The zero-order valence-electron chi connectivity index (χ0n) is 14.8. The second-order valence-corrected chi connectivity index (χ2v) is 6.85. The monoisotopic (exact) mass is 368 g/mol. The second-order valence-electron chi connectivity index (χ2n) is 6.85. The first-order chi connectivity index (χ1) is 13.0. The highest BCUT2D eigenvalue weighted by atomic mass is 16.2. The van der Waals surface area contributed by atoms with Crippen molar-refractivity contribution < 1.29 is 14.4 Å². The van der Waals surface area contributed by atoms with Crippen LogP contribution in [-0.4, -0.2) is 70.1 Å². The predicted octanol–water partition coefficient (Wildman–Crippen LogP) is 0.640. The Morgan fingerprint density at radius 2 is 2.00 bits per heavy atom. The van der Waals surface area contributed by atoms with Crippen molar-refractivity contribution in [2.24, 2.45) is 0 Å². The van der Waals surface area contributed by atoms with Gasteiger partial charge in [0, 0.05) is 31.0 Å². The van der Waals surface area contributed by atoms with E-state index in [1.165, 1.54) is 4.90 Å². The molecular weight excluding hydrogens is 348 g/mol. The summed E-state index contributed by atoms with van der Waals surface area (Å²) in [5.74, 6) is -0.157. The van der Waals surface area contributed by atoms with Gasteiger partial charge in [0.25, 0.3) is 0 Å². The average Bonchev–Trinajstić information content (AvgIpc) is 3.30. The number of fused-ring (bicyclic) bond motifs is 1. The average molecular weight is 368 g/mol. The van der Waals surface area contributed by atoms with E-state index in [0.717, 1.165) is 11.1 Å². The number of aromatic nitrogens is 2. The molecule has 2 aromatic rings. The number of anilines is 1. The lowest BCUT2D eigenvalue weighted by molar-refractivity contribution is -0.152. The van der Waals surface area contributed by atoms with E-state index < -0.39 is 6.04 Å². The first kappa shape index (κ1) is 17.1. The van der Waals surface area contributed by atoms with E-state index in [4.69, 9.17) is 0 Å². The van der Waals surface area contributed by atoms with Gasteiger partial charge in [0.05, 0.1) is 18.8 Å². The quantitative estimate of drug-likeness (QED) is 0.738. The molecular formula is C18H20N6O3. The van der Waals surface area contributed by atoms with E-state index >= 15 is 0 Å². The normalized spacial score (nSPS) is 22.0. The summed E-state index contributed by atoms with van der Waals surface area (Å²) < 4.78 is 0. The summed E-state index contributed by atoms with van der Waals surface area (Å²) in [6.07, 6.45) is 3.95. The van der Waals surface area contributed by atoms with Gasteiger partial charge in [0.15, 0.2) is 0 Å². The minimum atomic E-state index is -0.476. The Morgan fingerprint density at radius 3 is 2.70 bits per heavy atom. The fourth-order valence-electron chi connectivity index (χ4n) is 3.58. The molecule has 1 aromatic heterocycles. The van der Waals surface area contributed by atoms with Gasteiger partial charge in [-0.3, -0.25) is 14.7 Å². The van der Waals surface area contributed by atoms with Crippen molar-refractivity contribution in [3.8, 4) is 11.1 Å². The van der Waals surface area contributed by atoms with Crippen molar-refractivity contribution in [1.82, 2.24) is 25.3 Å². The summed E-state index contributed by atoms with van der Waals surface area (Å²) >= 11 is 0. The summed E-state index contributed by atoms with van der Waals surface area (Å²) in [5, 5.41) is 12.3. The summed E-state index contributed by atoms with van der Waals surface area (Å²) in [7, 11) is 1.62. The summed E-state index contributed by atoms with van der Waals surface area (Å²) in [5.41, 5.74) is 2.61. The van der Waals surface area contributed by atoms with Gasteiger partial charge >= 0.3 is 6.03 Å². The minimum absolute atomic E-state index is 0.0749. The number of urea groups is 1. The highest BCUT2D eigenvalue weighted by Gasteiger charge is 2.44. The highest BCUT2D eigenvalue weighted by Crippen LogP contribution is 2.24. The van der Waals surface area contributed by atoms with E-state index in [-0.39, 0.29) is 30.4 Å². The van der Waals surface area contributed by atoms with Gasteiger partial charge in [-0.15, -0.1) is 0 Å². The zero-order valence-corrected chi connectivity index (χ0v) is 14.8. The molecule has 2 aliphatic heterocycles. The Kier molecular flexibility index (Phi) is 4.27. The number of carbonyl (C=O) groups excluding carboxylic acids is 3. The first-order valence-corrected chi connectivity index (χ1v) is 8.72. The summed E-state index contributed by atoms with van der Waals surface area (Å²) in [4.78, 5) is 39.6. The number of carbonyl (C=O) groups is 3. The topological polar surface area (TPSA) is 110 Å². The lowest BCUT2D eigenvalue weighted by Gasteiger charge is -2.33. The van der Waals surface area contributed by atoms with Gasteiger partial charge in [0.2, 0.25) is 11.8 Å². The molecule has 1 aromatic carbocycles. The van der Waals surface area contributed by atoms with Crippen LogP contribution in [0.25, 0.3) is 11.1 Å². The van der Waals surface area contributed by atoms with Crippen molar-refractivity contribution in [2.75, 3.05) is 25.5 Å². The third-order valence-corrected chi connectivity index (χ3v) is 4.96. The minimum Gasteiger partial charge on any atom is -0.335 e. The lowest BCUT2D eigenvalue weighted by Crippen LogP contribution is -2.55. The number of nitrogens with zero attached hydrogens (tertiary/aromatic N) is 3. The number of rotatable bonds is 3. The first-order valence-electron chi connectivity index (χ1n) is 8.72. The number of amides is 4. The van der Waals surface area contributed by atoms with E-state index in [1.807, 2.05) is 24.3 Å². The van der Waals surface area contributed by atoms with Crippen LogP contribution in [0.2, 0.25) is 0 Å². The zero-order chi connectivity index (χ0) is 19.0. The number of H-pyrrole nitrogens is 1. The third-order valence-electron chi connectivity index (χ3n) is 4.96. The molecule has 2 fully saturated rings. The van der Waals surface area contributed by atoms with E-state index in [0.29, 0.717) is 18.7 Å². The van der Waals surface area contributed by atoms with Crippen molar-refractivity contribution in [3.05, 3.63) is 36.7 Å². The molecule has 0 unspecified atom stereocenters. The molecule has 4 amide bonds. The Morgan fingerprint density at radius 1 is 1.22 bits per heavy atom. The Labute approximate surface area is 155 Å². The SMILES string of the molecule is CN1CC(=O)N2C[C@H](NC(=O)Nc3ccc(-c4cn[nH]c4)cc3)C[C@H]2C1=O. The lowest BCUT2D eigenvalue weighted by atomic mass is 10.1. The van der Waals surface area contributed by atoms with Gasteiger partial charge in [-0.2, -0.15) is 5.10 Å². The molecule has 140 valence electrons. The summed E-state index contributed by atoms with van der Waals surface area (Å²) in [6, 6.07) is 6.32. The molecule has 3 heterocycles. The van der Waals surface area contributed by atoms with Crippen LogP contribution >= 0.6 is 0 Å². The highest BCUT2D eigenvalue weighted by molar-refractivity contribution is 5.96. The van der Waals surface area contributed by atoms with Gasteiger partial charge in [0.1, 0.15) is 6.04 Å². The van der Waals surface area contributed by atoms with Crippen LogP contribution in [0.3, 0.4) is 0 Å². The number of piperazine rings is 1. The van der Waals surface area contributed by atoms with Crippen LogP contribution < -0.4 is 10.6 Å². The molecule has 2 saturated heterocycles. The molecule has 4 rings (SSSR count). The largest absolute Gasteiger partial charge is 0.335 e. The van der Waals surface area contributed by atoms with E-state index in [1.54, 1.807) is 24.3 Å². The van der Waals surface area contributed by atoms with Crippen LogP contribution in [-0.2, 0) is 9.59 Å². The molecule has 0 aliphatic carbocycles. The second kappa shape index (κ2) is 6.75. The van der Waals surface area contributed by atoms with Crippen LogP contribution in [0.15, 0.2) is 36.7 Å². The molecule has 9 heteroatoms. The number of nitrogens with one attached hydrogen (secondary N) is 3. The van der Waals surface area contributed by atoms with Crippen molar-refractivity contribution in [2.45, 2.75) is 18.5 Å². The molecule has 0 spiro atoms. The van der Waals surface area contributed by atoms with Crippen LogP contribution in [0.1, 0.15) is 6.42 Å². The maximum absolute atomic E-state index is 12.3. The van der Waals surface area contributed by atoms with Crippen LogP contribution in [0.5, 0.6) is 0 Å². The van der Waals surface area contributed by atoms with Crippen molar-refractivity contribution in [1.29, 1.82) is 0 Å². The number of hydrogen-bond donors (Lipinski definition) is 3. The third kappa shape index (κ3) is 3.35. The number of likely N-dealkylation sites (N-methyl/N-ethyl adjacent to an activating group) is 1. The number of benzene rings is 1. The fraction of sp³-hybridized carbons (Fsp3) is 0.333.